The Morgan fingerprint density at radius 3 is 0.906 bits per heavy atom. The van der Waals surface area contributed by atoms with Crippen molar-refractivity contribution in [3.05, 3.63) is 146 Å². The molecule has 0 aliphatic rings. The fourth-order valence-electron chi connectivity index (χ4n) is 9.23. The number of hydrogen-bond donors (Lipinski definition) is 2. The van der Waals surface area contributed by atoms with Crippen molar-refractivity contribution in [3.8, 4) is 0 Å². The van der Waals surface area contributed by atoms with Gasteiger partial charge in [-0.2, -0.15) is 0 Å². The lowest BCUT2D eigenvalue weighted by atomic mass is 10.0. The highest BCUT2D eigenvalue weighted by atomic mass is 31.2. The SMILES string of the molecule is CC/C=C\C/C=C\C/C=C\C/C=C\C/C=C\C/C=C\C/C=C\C/C=C\CCCCCCCCCCCCCCCCCCC(=O)OC(COC(=O)CCCCCCCCCCCC/C=C\C/C=C\C/C=C\C/C=C\CC)COP(=O)(O)OCCN. The summed E-state index contributed by atoms with van der Waals surface area (Å²) in [7, 11) is -4.40. The molecule has 0 amide bonds. The number of hydrogen-bond acceptors (Lipinski definition) is 8. The summed E-state index contributed by atoms with van der Waals surface area (Å²) in [6.45, 7) is 3.52. The number of unbranched alkanes of at least 4 members (excludes halogenated alkanes) is 26. The van der Waals surface area contributed by atoms with Crippen molar-refractivity contribution in [1.29, 1.82) is 0 Å². The predicted octanol–water partition coefficient (Wildman–Crippen LogP) is 22.6. The van der Waals surface area contributed by atoms with E-state index in [0.29, 0.717) is 6.42 Å². The number of carbonyl (C=O) groups is 2. The van der Waals surface area contributed by atoms with Gasteiger partial charge in [-0.15, -0.1) is 0 Å². The first-order valence-corrected chi connectivity index (χ1v) is 35.8. The molecule has 0 heterocycles. The van der Waals surface area contributed by atoms with Crippen LogP contribution in [-0.4, -0.2) is 49.3 Å². The van der Waals surface area contributed by atoms with Gasteiger partial charge < -0.3 is 20.1 Å². The van der Waals surface area contributed by atoms with E-state index in [1.807, 2.05) is 0 Å². The summed E-state index contributed by atoms with van der Waals surface area (Å²) < 4.78 is 33.1. The molecule has 2 unspecified atom stereocenters. The third-order valence-corrected chi connectivity index (χ3v) is 15.2. The van der Waals surface area contributed by atoms with E-state index >= 15 is 0 Å². The van der Waals surface area contributed by atoms with Crippen LogP contribution in [0.15, 0.2) is 146 Å². The molecule has 0 fully saturated rings. The van der Waals surface area contributed by atoms with E-state index in [0.717, 1.165) is 128 Å². The molecule has 0 saturated carbocycles. The molecule has 0 spiro atoms. The summed E-state index contributed by atoms with van der Waals surface area (Å²) in [5, 5.41) is 0. The maximum absolute atomic E-state index is 12.8. The summed E-state index contributed by atoms with van der Waals surface area (Å²) >= 11 is 0. The van der Waals surface area contributed by atoms with Gasteiger partial charge in [0.2, 0.25) is 0 Å². The third-order valence-electron chi connectivity index (χ3n) is 14.2. The third kappa shape index (κ3) is 68.9. The normalized spacial score (nSPS) is 13.9. The molecule has 0 radical (unpaired) electrons. The van der Waals surface area contributed by atoms with E-state index < -0.39 is 26.5 Å². The second-order valence-corrected chi connectivity index (χ2v) is 23.7. The molecule has 0 aromatic carbocycles. The Hall–Kier alpha value is -4.11. The van der Waals surface area contributed by atoms with Crippen LogP contribution in [0.5, 0.6) is 0 Å². The number of phosphoric ester groups is 1. The van der Waals surface area contributed by atoms with Gasteiger partial charge in [-0.3, -0.25) is 18.6 Å². The molecule has 0 aromatic heterocycles. The minimum atomic E-state index is -4.40. The fraction of sp³-hybridized carbons (Fsp3) is 0.653. The van der Waals surface area contributed by atoms with E-state index in [1.165, 1.54) is 122 Å². The van der Waals surface area contributed by atoms with Crippen LogP contribution in [0.3, 0.4) is 0 Å². The molecule has 9 nitrogen and oxygen atoms in total. The van der Waals surface area contributed by atoms with Crippen LogP contribution in [0.25, 0.3) is 0 Å². The van der Waals surface area contributed by atoms with Gasteiger partial charge in [-0.05, 0) is 116 Å². The lowest BCUT2D eigenvalue weighted by Gasteiger charge is -2.19. The summed E-state index contributed by atoms with van der Waals surface area (Å²) in [6.07, 6.45) is 99.3. The van der Waals surface area contributed by atoms with Crippen LogP contribution in [-0.2, 0) is 32.7 Å². The maximum atomic E-state index is 12.8. The lowest BCUT2D eigenvalue weighted by Crippen LogP contribution is -2.29. The number of ether oxygens (including phenoxy) is 2. The van der Waals surface area contributed by atoms with Crippen molar-refractivity contribution in [1.82, 2.24) is 0 Å². The van der Waals surface area contributed by atoms with Gasteiger partial charge in [0.05, 0.1) is 13.2 Å². The van der Waals surface area contributed by atoms with Crippen LogP contribution in [0.2, 0.25) is 0 Å². The number of carbonyl (C=O) groups excluding carboxylic acids is 2. The summed E-state index contributed by atoms with van der Waals surface area (Å²) in [5.74, 6) is -0.832. The van der Waals surface area contributed by atoms with Gasteiger partial charge in [0.15, 0.2) is 6.10 Å². The van der Waals surface area contributed by atoms with Crippen molar-refractivity contribution in [3.63, 3.8) is 0 Å². The average molecular weight is 1200 g/mol. The second-order valence-electron chi connectivity index (χ2n) is 22.3. The average Bonchev–Trinajstić information content (AvgIpc) is 3.52. The molecular formula is C75H126NO8P. The van der Waals surface area contributed by atoms with E-state index in [2.05, 4.69) is 160 Å². The van der Waals surface area contributed by atoms with Crippen molar-refractivity contribution in [2.24, 2.45) is 5.73 Å². The zero-order chi connectivity index (χ0) is 61.6. The first-order valence-electron chi connectivity index (χ1n) is 34.3. The predicted molar refractivity (Wildman–Crippen MR) is 367 cm³/mol. The Labute approximate surface area is 522 Å². The number of phosphoric acid groups is 1. The van der Waals surface area contributed by atoms with Gasteiger partial charge in [-0.25, -0.2) is 4.57 Å². The standard InChI is InChI=1S/C75H126NO8P/c1-3-5-7-9-11-13-15-17-19-21-23-25-27-28-29-30-31-32-33-34-35-36-37-38-39-40-41-42-43-44-46-48-50-52-54-56-58-60-62-64-66-68-75(78)84-73(72-83-85(79,80)82-70-69-76)71-81-74(77)67-65-63-61-59-57-55-53-51-49-47-45-26-24-22-20-18-16-14-12-10-8-6-4-2/h5-8,11-14,17-20,23-26,28-29,31-32,34-35,37-38,73H,3-4,9-10,15-16,21-22,27,30,33,36,39-72,76H2,1-2H3,(H,79,80)/b7-5-,8-6-,13-11-,14-12-,19-17-,20-18-,25-23-,26-24-,29-28-,32-31-,35-34-,38-37-. The minimum Gasteiger partial charge on any atom is -0.462 e. The Kier molecular flexibility index (Phi) is 65.7. The van der Waals surface area contributed by atoms with Crippen LogP contribution < -0.4 is 5.73 Å². The molecule has 0 aliphatic carbocycles. The van der Waals surface area contributed by atoms with Gasteiger partial charge in [-0.1, -0.05) is 301 Å². The number of esters is 2. The summed E-state index contributed by atoms with van der Waals surface area (Å²) in [6, 6.07) is 0. The summed E-state index contributed by atoms with van der Waals surface area (Å²) in [4.78, 5) is 35.3. The van der Waals surface area contributed by atoms with Crippen LogP contribution in [0.4, 0.5) is 0 Å². The molecular weight excluding hydrogens is 1070 g/mol. The first kappa shape index (κ1) is 80.9. The summed E-state index contributed by atoms with van der Waals surface area (Å²) in [5.41, 5.74) is 5.40. The monoisotopic (exact) mass is 1200 g/mol. The largest absolute Gasteiger partial charge is 0.472 e. The second kappa shape index (κ2) is 69.0. The molecule has 85 heavy (non-hydrogen) atoms. The first-order chi connectivity index (χ1) is 41.8. The van der Waals surface area contributed by atoms with Gasteiger partial charge in [0, 0.05) is 19.4 Å². The molecule has 0 saturated heterocycles. The zero-order valence-corrected chi connectivity index (χ0v) is 55.2. The number of allylic oxidation sites excluding steroid dienone is 24. The Morgan fingerprint density at radius 1 is 0.353 bits per heavy atom. The van der Waals surface area contributed by atoms with Crippen molar-refractivity contribution >= 4 is 19.8 Å². The minimum absolute atomic E-state index is 0.0477. The fourth-order valence-corrected chi connectivity index (χ4v) is 10.00. The highest BCUT2D eigenvalue weighted by Crippen LogP contribution is 2.43. The van der Waals surface area contributed by atoms with E-state index in [1.54, 1.807) is 0 Å². The van der Waals surface area contributed by atoms with E-state index in [9.17, 15) is 19.0 Å². The van der Waals surface area contributed by atoms with Gasteiger partial charge in [0.25, 0.3) is 0 Å². The Balaban J connectivity index is 3.89. The maximum Gasteiger partial charge on any atom is 0.472 e. The van der Waals surface area contributed by atoms with Crippen LogP contribution in [0, 0.1) is 0 Å². The van der Waals surface area contributed by atoms with Crippen molar-refractivity contribution < 1.29 is 37.6 Å². The molecule has 3 N–H and O–H groups in total. The molecule has 0 rings (SSSR count). The van der Waals surface area contributed by atoms with Gasteiger partial charge >= 0.3 is 19.8 Å². The quantitative estimate of drug-likeness (QED) is 0.0264. The molecule has 0 aliphatic heterocycles. The molecule has 0 bridgehead atoms. The van der Waals surface area contributed by atoms with Crippen LogP contribution in [0.1, 0.15) is 284 Å². The smallest absolute Gasteiger partial charge is 0.462 e. The molecule has 0 aromatic rings. The van der Waals surface area contributed by atoms with Crippen molar-refractivity contribution in [2.45, 2.75) is 290 Å². The van der Waals surface area contributed by atoms with E-state index in [-0.39, 0.29) is 38.6 Å². The number of rotatable bonds is 63. The van der Waals surface area contributed by atoms with E-state index in [4.69, 9.17) is 24.3 Å². The Morgan fingerprint density at radius 2 is 0.612 bits per heavy atom. The molecule has 2 atom stereocenters. The number of nitrogens with two attached hydrogens (primary N) is 1. The molecule has 484 valence electrons. The topological polar surface area (TPSA) is 134 Å². The Bertz CT molecular complexity index is 1900. The highest BCUT2D eigenvalue weighted by molar-refractivity contribution is 7.47. The highest BCUT2D eigenvalue weighted by Gasteiger charge is 2.26. The van der Waals surface area contributed by atoms with Crippen molar-refractivity contribution in [2.75, 3.05) is 26.4 Å². The van der Waals surface area contributed by atoms with Gasteiger partial charge in [0.1, 0.15) is 6.61 Å². The zero-order valence-electron chi connectivity index (χ0n) is 54.3. The molecule has 10 heteroatoms. The lowest BCUT2D eigenvalue weighted by molar-refractivity contribution is -0.161. The van der Waals surface area contributed by atoms with Crippen LogP contribution >= 0.6 is 7.82 Å².